The number of nitrogens with zero attached hydrogens (tertiary/aromatic N) is 2. The molecule has 2 fully saturated rings. The van der Waals surface area contributed by atoms with Crippen LogP contribution in [-0.2, 0) is 14.8 Å². The minimum absolute atomic E-state index is 0.0644. The highest BCUT2D eigenvalue weighted by atomic mass is 32.2. The normalized spacial score (nSPS) is 19.3. The number of hydrogen-bond donors (Lipinski definition) is 1. The summed E-state index contributed by atoms with van der Waals surface area (Å²) < 4.78 is 27.2. The van der Waals surface area contributed by atoms with E-state index in [0.29, 0.717) is 48.8 Å². The van der Waals surface area contributed by atoms with Crippen LogP contribution in [0.3, 0.4) is 0 Å². The van der Waals surface area contributed by atoms with Crippen LogP contribution in [0.25, 0.3) is 0 Å². The van der Waals surface area contributed by atoms with Crippen LogP contribution in [0.2, 0.25) is 0 Å². The number of rotatable bonds is 5. The summed E-state index contributed by atoms with van der Waals surface area (Å²) in [7, 11) is -3.45. The number of amides is 2. The van der Waals surface area contributed by atoms with Gasteiger partial charge in [0.15, 0.2) is 0 Å². The fourth-order valence-corrected chi connectivity index (χ4v) is 6.86. The van der Waals surface area contributed by atoms with Crippen LogP contribution in [0.5, 0.6) is 0 Å². The van der Waals surface area contributed by atoms with Crippen LogP contribution in [0.15, 0.2) is 52.1 Å². The Kier molecular flexibility index (Phi) is 6.74. The van der Waals surface area contributed by atoms with Crippen LogP contribution < -0.4 is 5.32 Å². The summed E-state index contributed by atoms with van der Waals surface area (Å²) in [5.74, 6) is -0.101. The molecule has 0 bridgehead atoms. The average Bonchev–Trinajstić information content (AvgIpc) is 3.36. The minimum atomic E-state index is -3.45. The molecule has 0 atom stereocenters. The van der Waals surface area contributed by atoms with Crippen molar-refractivity contribution in [1.29, 1.82) is 0 Å². The van der Waals surface area contributed by atoms with Gasteiger partial charge in [0.1, 0.15) is 4.21 Å². The summed E-state index contributed by atoms with van der Waals surface area (Å²) in [5.41, 5.74) is 0.644. The van der Waals surface area contributed by atoms with Gasteiger partial charge in [-0.1, -0.05) is 24.3 Å². The van der Waals surface area contributed by atoms with Crippen LogP contribution in [0.4, 0.5) is 0 Å². The van der Waals surface area contributed by atoms with Crippen LogP contribution in [0, 0.1) is 5.92 Å². The zero-order valence-electron chi connectivity index (χ0n) is 17.3. The van der Waals surface area contributed by atoms with Crippen molar-refractivity contribution in [3.8, 4) is 0 Å². The average molecular weight is 462 g/mol. The first-order valence-corrected chi connectivity index (χ1v) is 13.0. The number of sulfonamides is 1. The molecular weight excluding hydrogens is 434 g/mol. The number of benzene rings is 1. The Morgan fingerprint density at radius 3 is 2.19 bits per heavy atom. The van der Waals surface area contributed by atoms with Gasteiger partial charge in [0, 0.05) is 43.7 Å². The summed E-state index contributed by atoms with van der Waals surface area (Å²) in [6, 6.07) is 12.6. The molecule has 1 aromatic heterocycles. The van der Waals surface area contributed by atoms with Crippen LogP contribution in [-0.4, -0.2) is 61.7 Å². The van der Waals surface area contributed by atoms with Crippen molar-refractivity contribution in [3.05, 3.63) is 53.4 Å². The molecule has 0 radical (unpaired) electrons. The third kappa shape index (κ3) is 4.99. The van der Waals surface area contributed by atoms with E-state index in [-0.39, 0.29) is 23.8 Å². The lowest BCUT2D eigenvalue weighted by atomic mass is 9.94. The van der Waals surface area contributed by atoms with Gasteiger partial charge < -0.3 is 10.2 Å². The number of hydrogen-bond acceptors (Lipinski definition) is 5. The second kappa shape index (κ2) is 9.50. The third-order valence-corrected chi connectivity index (χ3v) is 9.34. The van der Waals surface area contributed by atoms with Gasteiger partial charge in [-0.25, -0.2) is 8.42 Å². The smallest absolute Gasteiger partial charge is 0.252 e. The molecule has 0 spiro atoms. The van der Waals surface area contributed by atoms with E-state index in [1.165, 1.54) is 15.6 Å². The van der Waals surface area contributed by atoms with Crippen molar-refractivity contribution in [1.82, 2.24) is 14.5 Å². The second-order valence-corrected chi connectivity index (χ2v) is 11.2. The van der Waals surface area contributed by atoms with Gasteiger partial charge in [-0.2, -0.15) is 4.31 Å². The molecule has 4 rings (SSSR count). The Morgan fingerprint density at radius 1 is 0.903 bits per heavy atom. The van der Waals surface area contributed by atoms with E-state index in [0.717, 1.165) is 12.8 Å². The molecule has 3 heterocycles. The van der Waals surface area contributed by atoms with E-state index >= 15 is 0 Å². The molecule has 0 saturated carbocycles. The first kappa shape index (κ1) is 22.0. The van der Waals surface area contributed by atoms with E-state index in [4.69, 9.17) is 0 Å². The SMILES string of the molecule is O=C(NC1CCN(C(=O)C2CCN(S(=O)(=O)c3cccs3)CC2)CC1)c1ccccc1. The van der Waals surface area contributed by atoms with Crippen molar-refractivity contribution in [3.63, 3.8) is 0 Å². The molecule has 1 N–H and O–H groups in total. The Hall–Kier alpha value is -2.23. The van der Waals surface area contributed by atoms with E-state index in [2.05, 4.69) is 5.32 Å². The fourth-order valence-electron chi connectivity index (χ4n) is 4.24. The van der Waals surface area contributed by atoms with Crippen LogP contribution in [0.1, 0.15) is 36.0 Å². The first-order chi connectivity index (χ1) is 14.9. The maximum Gasteiger partial charge on any atom is 0.252 e. The molecule has 166 valence electrons. The van der Waals surface area contributed by atoms with Crippen molar-refractivity contribution in [2.75, 3.05) is 26.2 Å². The third-order valence-electron chi connectivity index (χ3n) is 6.07. The van der Waals surface area contributed by atoms with Crippen molar-refractivity contribution >= 4 is 33.2 Å². The number of piperidine rings is 2. The van der Waals surface area contributed by atoms with Gasteiger partial charge in [-0.05, 0) is 49.3 Å². The van der Waals surface area contributed by atoms with Crippen molar-refractivity contribution in [2.45, 2.75) is 35.9 Å². The van der Waals surface area contributed by atoms with E-state index < -0.39 is 10.0 Å². The monoisotopic (exact) mass is 461 g/mol. The van der Waals surface area contributed by atoms with E-state index in [1.54, 1.807) is 29.6 Å². The Morgan fingerprint density at radius 2 is 1.58 bits per heavy atom. The minimum Gasteiger partial charge on any atom is -0.349 e. The first-order valence-electron chi connectivity index (χ1n) is 10.6. The molecule has 2 saturated heterocycles. The van der Waals surface area contributed by atoms with Crippen molar-refractivity contribution in [2.24, 2.45) is 5.92 Å². The summed E-state index contributed by atoms with van der Waals surface area (Å²) in [4.78, 5) is 27.2. The molecule has 0 aliphatic carbocycles. The second-order valence-electron chi connectivity index (χ2n) is 8.05. The molecule has 9 heteroatoms. The maximum atomic E-state index is 13.0. The molecule has 2 aromatic rings. The number of thiophene rings is 1. The molecule has 31 heavy (non-hydrogen) atoms. The topological polar surface area (TPSA) is 86.8 Å². The van der Waals surface area contributed by atoms with Gasteiger partial charge in [0.2, 0.25) is 5.91 Å². The lowest BCUT2D eigenvalue weighted by Gasteiger charge is -2.37. The van der Waals surface area contributed by atoms with Gasteiger partial charge in [-0.3, -0.25) is 9.59 Å². The van der Waals surface area contributed by atoms with Crippen molar-refractivity contribution < 1.29 is 18.0 Å². The molecule has 2 amide bonds. The molecular formula is C22H27N3O4S2. The summed E-state index contributed by atoms with van der Waals surface area (Å²) >= 11 is 1.22. The van der Waals surface area contributed by atoms with Gasteiger partial charge in [0.05, 0.1) is 0 Å². The molecule has 2 aliphatic rings. The molecule has 1 aromatic carbocycles. The molecule has 7 nitrogen and oxygen atoms in total. The maximum absolute atomic E-state index is 13.0. The van der Waals surface area contributed by atoms with E-state index in [9.17, 15) is 18.0 Å². The number of carbonyl (C=O) groups excluding carboxylic acids is 2. The highest BCUT2D eigenvalue weighted by molar-refractivity contribution is 7.91. The lowest BCUT2D eigenvalue weighted by Crippen LogP contribution is -2.49. The van der Waals surface area contributed by atoms with Crippen LogP contribution >= 0.6 is 11.3 Å². The standard InChI is InChI=1S/C22H27N3O4S2/c26-21(17-5-2-1-3-6-17)23-19-10-12-24(13-11-19)22(27)18-8-14-25(15-9-18)31(28,29)20-7-4-16-30-20/h1-7,16,18-19H,8-15H2,(H,23,26). The quantitative estimate of drug-likeness (QED) is 0.742. The predicted molar refractivity (Wildman–Crippen MR) is 119 cm³/mol. The Labute approximate surface area is 187 Å². The zero-order chi connectivity index (χ0) is 21.8. The fraction of sp³-hybridized carbons (Fsp3) is 0.455. The van der Waals surface area contributed by atoms with Gasteiger partial charge in [0.25, 0.3) is 15.9 Å². The Bertz CT molecular complexity index is 993. The molecule has 0 unspecified atom stereocenters. The predicted octanol–water partition coefficient (Wildman–Crippen LogP) is 2.57. The highest BCUT2D eigenvalue weighted by Crippen LogP contribution is 2.28. The number of likely N-dealkylation sites (tertiary alicyclic amines) is 1. The summed E-state index contributed by atoms with van der Waals surface area (Å²) in [6.07, 6.45) is 2.56. The van der Waals surface area contributed by atoms with Gasteiger partial charge in [-0.15, -0.1) is 11.3 Å². The zero-order valence-corrected chi connectivity index (χ0v) is 18.9. The summed E-state index contributed by atoms with van der Waals surface area (Å²) in [5, 5.41) is 4.82. The summed E-state index contributed by atoms with van der Waals surface area (Å²) in [6.45, 7) is 1.99. The molecule has 2 aliphatic heterocycles. The lowest BCUT2D eigenvalue weighted by molar-refractivity contribution is -0.137. The Balaban J connectivity index is 1.25. The highest BCUT2D eigenvalue weighted by Gasteiger charge is 2.35. The van der Waals surface area contributed by atoms with Gasteiger partial charge >= 0.3 is 0 Å². The number of nitrogens with one attached hydrogen (secondary N) is 1. The largest absolute Gasteiger partial charge is 0.349 e. The van der Waals surface area contributed by atoms with E-state index in [1.807, 2.05) is 23.1 Å². The number of carbonyl (C=O) groups is 2.